The fourth-order valence-electron chi connectivity index (χ4n) is 4.39. The number of aromatic amines is 1. The third-order valence-electron chi connectivity index (χ3n) is 6.25. The number of para-hydroxylation sites is 4. The molecular formula is C29H32N6O3. The number of nitrogens with one attached hydrogen (secondary N) is 3. The summed E-state index contributed by atoms with van der Waals surface area (Å²) in [7, 11) is 1.56. The van der Waals surface area contributed by atoms with Crippen LogP contribution in [0.25, 0.3) is 10.9 Å². The maximum Gasteiger partial charge on any atom is 0.251 e. The second kappa shape index (κ2) is 12.4. The molecule has 0 saturated heterocycles. The number of anilines is 2. The fourth-order valence-corrected chi connectivity index (χ4v) is 4.39. The number of methoxy groups -OCH3 is 1. The lowest BCUT2D eigenvalue weighted by molar-refractivity contribution is -0.135. The third kappa shape index (κ3) is 6.31. The lowest BCUT2D eigenvalue weighted by Crippen LogP contribution is -2.43. The van der Waals surface area contributed by atoms with Crippen molar-refractivity contribution in [3.63, 3.8) is 0 Å². The number of H-pyrrole nitrogens is 1. The first-order valence-corrected chi connectivity index (χ1v) is 12.4. The number of benzene rings is 3. The molecule has 1 heterocycles. The Morgan fingerprint density at radius 2 is 1.68 bits per heavy atom. The molecule has 0 atom stereocenters. The second-order valence-corrected chi connectivity index (χ2v) is 8.75. The molecule has 4 aromatic rings. The Labute approximate surface area is 221 Å². The number of guanidine groups is 1. The number of hydrogen-bond donors (Lipinski definition) is 4. The van der Waals surface area contributed by atoms with Crippen LogP contribution in [0.5, 0.6) is 5.75 Å². The average molecular weight is 513 g/mol. The zero-order chi connectivity index (χ0) is 26.9. The van der Waals surface area contributed by atoms with Crippen molar-refractivity contribution in [2.24, 2.45) is 5.73 Å². The van der Waals surface area contributed by atoms with Gasteiger partial charge in [0.1, 0.15) is 12.3 Å². The monoisotopic (exact) mass is 512 g/mol. The predicted molar refractivity (Wildman–Crippen MR) is 150 cm³/mol. The molecule has 0 aliphatic rings. The normalized spacial score (nSPS) is 10.7. The van der Waals surface area contributed by atoms with Crippen molar-refractivity contribution >= 4 is 40.1 Å². The summed E-state index contributed by atoms with van der Waals surface area (Å²) in [6.07, 6.45) is 2.61. The number of fused-ring (bicyclic) bond motifs is 1. The number of carbonyl (C=O) groups excluding carboxylic acids is 2. The van der Waals surface area contributed by atoms with Crippen molar-refractivity contribution in [3.05, 3.63) is 90.6 Å². The van der Waals surface area contributed by atoms with Crippen molar-refractivity contribution in [3.8, 4) is 5.75 Å². The second-order valence-electron chi connectivity index (χ2n) is 8.75. The molecule has 0 aliphatic heterocycles. The predicted octanol–water partition coefficient (Wildman–Crippen LogP) is 3.79. The van der Waals surface area contributed by atoms with Crippen LogP contribution in [0.15, 0.2) is 85.1 Å². The van der Waals surface area contributed by atoms with Gasteiger partial charge in [-0.15, -0.1) is 0 Å². The van der Waals surface area contributed by atoms with Gasteiger partial charge in [0.05, 0.1) is 12.8 Å². The Balaban J connectivity index is 1.60. The molecule has 4 rings (SSSR count). The first-order valence-electron chi connectivity index (χ1n) is 12.4. The number of ether oxygens (including phenoxy) is 1. The van der Waals surface area contributed by atoms with Crippen molar-refractivity contribution in [1.82, 2.24) is 15.2 Å². The van der Waals surface area contributed by atoms with Gasteiger partial charge < -0.3 is 25.7 Å². The van der Waals surface area contributed by atoms with E-state index in [9.17, 15) is 9.59 Å². The van der Waals surface area contributed by atoms with Crippen LogP contribution in [-0.2, 0) is 16.0 Å². The minimum Gasteiger partial charge on any atom is -0.495 e. The van der Waals surface area contributed by atoms with Crippen LogP contribution in [0.1, 0.15) is 12.0 Å². The molecule has 196 valence electrons. The van der Waals surface area contributed by atoms with Crippen LogP contribution in [0.4, 0.5) is 11.4 Å². The van der Waals surface area contributed by atoms with E-state index in [0.717, 1.165) is 16.5 Å². The Morgan fingerprint density at radius 1 is 0.974 bits per heavy atom. The number of amides is 2. The van der Waals surface area contributed by atoms with E-state index in [1.807, 2.05) is 79.0 Å². The molecule has 0 saturated carbocycles. The molecule has 0 bridgehead atoms. The third-order valence-corrected chi connectivity index (χ3v) is 6.25. The van der Waals surface area contributed by atoms with Gasteiger partial charge in [-0.25, -0.2) is 0 Å². The van der Waals surface area contributed by atoms with Gasteiger partial charge in [0.25, 0.3) is 5.91 Å². The summed E-state index contributed by atoms with van der Waals surface area (Å²) in [5, 5.41) is 11.1. The number of nitrogens with two attached hydrogens (primary N) is 1. The summed E-state index contributed by atoms with van der Waals surface area (Å²) in [5.41, 5.74) is 8.73. The Hall–Kier alpha value is -4.79. The van der Waals surface area contributed by atoms with Gasteiger partial charge in [-0.05, 0) is 42.3 Å². The number of hydrogen-bond acceptors (Lipinski definition) is 4. The van der Waals surface area contributed by atoms with Crippen LogP contribution in [0.2, 0.25) is 0 Å². The molecule has 9 heteroatoms. The Kier molecular flexibility index (Phi) is 8.61. The molecular weight excluding hydrogens is 480 g/mol. The van der Waals surface area contributed by atoms with Crippen molar-refractivity contribution in [2.75, 3.05) is 31.6 Å². The standard InChI is InChI=1S/C29H32N6O3/c1-38-26-14-8-7-13-25(26)35(22-9-3-2-4-10-22)28(37)20-34(27(36)15-17-32-29(30)31)18-16-21-19-33-24-12-6-5-11-23(21)24/h2-14,19,33H,15-18,20H2,1H3,(H4,30,31,32). The van der Waals surface area contributed by atoms with Crippen molar-refractivity contribution in [1.29, 1.82) is 5.41 Å². The molecule has 2 amide bonds. The van der Waals surface area contributed by atoms with E-state index in [2.05, 4.69) is 10.3 Å². The Bertz CT molecular complexity index is 1400. The van der Waals surface area contributed by atoms with E-state index in [0.29, 0.717) is 30.1 Å². The van der Waals surface area contributed by atoms with Crippen LogP contribution < -0.4 is 20.7 Å². The number of rotatable bonds is 11. The molecule has 1 aromatic heterocycles. The van der Waals surface area contributed by atoms with E-state index in [1.165, 1.54) is 0 Å². The number of nitrogens with zero attached hydrogens (tertiary/aromatic N) is 2. The maximum absolute atomic E-state index is 13.9. The van der Waals surface area contributed by atoms with Crippen molar-refractivity contribution < 1.29 is 14.3 Å². The highest BCUT2D eigenvalue weighted by atomic mass is 16.5. The minimum absolute atomic E-state index is 0.0980. The van der Waals surface area contributed by atoms with E-state index >= 15 is 0 Å². The van der Waals surface area contributed by atoms with Gasteiger partial charge in [-0.2, -0.15) is 0 Å². The van der Waals surface area contributed by atoms with Crippen LogP contribution in [0, 0.1) is 5.41 Å². The molecule has 9 nitrogen and oxygen atoms in total. The average Bonchev–Trinajstić information content (AvgIpc) is 3.35. The SMILES string of the molecule is COc1ccccc1N(C(=O)CN(CCc1c[nH]c2ccccc12)C(=O)CCNC(=N)N)c1ccccc1. The lowest BCUT2D eigenvalue weighted by atomic mass is 10.1. The highest BCUT2D eigenvalue weighted by Gasteiger charge is 2.25. The first kappa shape index (κ1) is 26.3. The maximum atomic E-state index is 13.9. The first-order chi connectivity index (χ1) is 18.5. The topological polar surface area (TPSA) is 128 Å². The van der Waals surface area contributed by atoms with E-state index in [4.69, 9.17) is 15.9 Å². The number of aromatic nitrogens is 1. The summed E-state index contributed by atoms with van der Waals surface area (Å²) >= 11 is 0. The highest BCUT2D eigenvalue weighted by molar-refractivity contribution is 6.04. The number of carbonyl (C=O) groups is 2. The van der Waals surface area contributed by atoms with Gasteiger partial charge >= 0.3 is 0 Å². The quantitative estimate of drug-likeness (QED) is 0.180. The fraction of sp³-hybridized carbons (Fsp3) is 0.207. The van der Waals surface area contributed by atoms with Gasteiger partial charge in [-0.1, -0.05) is 48.5 Å². The zero-order valence-corrected chi connectivity index (χ0v) is 21.3. The molecule has 3 aromatic carbocycles. The summed E-state index contributed by atoms with van der Waals surface area (Å²) in [4.78, 5) is 33.6. The van der Waals surface area contributed by atoms with Crippen LogP contribution in [0.3, 0.4) is 0 Å². The van der Waals surface area contributed by atoms with E-state index in [1.54, 1.807) is 23.0 Å². The van der Waals surface area contributed by atoms with Crippen LogP contribution in [-0.4, -0.2) is 54.4 Å². The van der Waals surface area contributed by atoms with E-state index in [-0.39, 0.29) is 37.3 Å². The largest absolute Gasteiger partial charge is 0.495 e. The molecule has 0 spiro atoms. The summed E-state index contributed by atoms with van der Waals surface area (Å²) < 4.78 is 5.55. The molecule has 0 aliphatic carbocycles. The highest BCUT2D eigenvalue weighted by Crippen LogP contribution is 2.33. The van der Waals surface area contributed by atoms with E-state index < -0.39 is 0 Å². The summed E-state index contributed by atoms with van der Waals surface area (Å²) in [6, 6.07) is 24.6. The van der Waals surface area contributed by atoms with Gasteiger partial charge in [-0.3, -0.25) is 19.9 Å². The van der Waals surface area contributed by atoms with Gasteiger partial charge in [0, 0.05) is 42.3 Å². The smallest absolute Gasteiger partial charge is 0.251 e. The summed E-state index contributed by atoms with van der Waals surface area (Å²) in [5.74, 6) is -0.134. The molecule has 38 heavy (non-hydrogen) atoms. The van der Waals surface area contributed by atoms with Gasteiger partial charge in [0.15, 0.2) is 5.96 Å². The Morgan fingerprint density at radius 3 is 2.45 bits per heavy atom. The van der Waals surface area contributed by atoms with Gasteiger partial charge in [0.2, 0.25) is 5.91 Å². The molecule has 5 N–H and O–H groups in total. The summed E-state index contributed by atoms with van der Waals surface area (Å²) in [6.45, 7) is 0.427. The van der Waals surface area contributed by atoms with Crippen LogP contribution >= 0.6 is 0 Å². The molecule has 0 fully saturated rings. The zero-order valence-electron chi connectivity index (χ0n) is 21.3. The lowest BCUT2D eigenvalue weighted by Gasteiger charge is -2.29. The minimum atomic E-state index is -0.271. The van der Waals surface area contributed by atoms with Crippen molar-refractivity contribution in [2.45, 2.75) is 12.8 Å². The molecule has 0 radical (unpaired) electrons. The molecule has 0 unspecified atom stereocenters.